The molecule has 6 heteroatoms. The number of pyridine rings is 1. The van der Waals surface area contributed by atoms with Crippen LogP contribution in [0.1, 0.15) is 29.6 Å². The second-order valence-corrected chi connectivity index (χ2v) is 5.33. The summed E-state index contributed by atoms with van der Waals surface area (Å²) in [5.41, 5.74) is 0.497. The highest BCUT2D eigenvalue weighted by Crippen LogP contribution is 2.21. The molecule has 0 bridgehead atoms. The summed E-state index contributed by atoms with van der Waals surface area (Å²) in [5, 5.41) is 0. The van der Waals surface area contributed by atoms with Crippen molar-refractivity contribution in [2.45, 2.75) is 25.3 Å². The van der Waals surface area contributed by atoms with Gasteiger partial charge in [-0.3, -0.25) is 4.79 Å². The molecule has 2 rings (SSSR count). The maximum atomic E-state index is 12.6. The van der Waals surface area contributed by atoms with Crippen molar-refractivity contribution in [1.29, 1.82) is 0 Å². The number of likely N-dealkylation sites (tertiary alicyclic amines) is 1. The van der Waals surface area contributed by atoms with E-state index in [0.717, 1.165) is 18.7 Å². The van der Waals surface area contributed by atoms with Gasteiger partial charge in [0.15, 0.2) is 0 Å². The molecule has 1 aliphatic heterocycles. The largest absolute Gasteiger partial charge is 0.467 e. The molecule has 0 aromatic carbocycles. The molecular formula is C15H21N3O3. The first-order valence-electron chi connectivity index (χ1n) is 7.06. The number of aromatic nitrogens is 1. The van der Waals surface area contributed by atoms with Crippen LogP contribution < -0.4 is 4.90 Å². The Kier molecular flexibility index (Phi) is 4.77. The first kappa shape index (κ1) is 15.3. The van der Waals surface area contributed by atoms with E-state index in [1.165, 1.54) is 7.11 Å². The molecule has 0 N–H and O–H groups in total. The molecule has 1 amide bonds. The Morgan fingerprint density at radius 3 is 2.67 bits per heavy atom. The van der Waals surface area contributed by atoms with Crippen molar-refractivity contribution in [1.82, 2.24) is 9.88 Å². The summed E-state index contributed by atoms with van der Waals surface area (Å²) in [6.45, 7) is 0.577. The standard InChI is InChI=1S/C15H21N3O3/c1-17(2)13-8-7-11(10-16-13)14(19)18-9-5-4-6-12(18)15(20)21-3/h7-8,10,12H,4-6,9H2,1-3H3/t12-/m1/s1. The molecule has 6 nitrogen and oxygen atoms in total. The van der Waals surface area contributed by atoms with Crippen LogP contribution in [0.4, 0.5) is 5.82 Å². The van der Waals surface area contributed by atoms with Crippen LogP contribution in [0.15, 0.2) is 18.3 Å². The van der Waals surface area contributed by atoms with Crippen LogP contribution in [0.5, 0.6) is 0 Å². The van der Waals surface area contributed by atoms with Gasteiger partial charge in [0.2, 0.25) is 0 Å². The number of amides is 1. The smallest absolute Gasteiger partial charge is 0.328 e. The van der Waals surface area contributed by atoms with Gasteiger partial charge in [-0.25, -0.2) is 9.78 Å². The van der Waals surface area contributed by atoms with Gasteiger partial charge in [0, 0.05) is 26.8 Å². The average Bonchev–Trinajstić information content (AvgIpc) is 2.53. The third kappa shape index (κ3) is 3.32. The van der Waals surface area contributed by atoms with Crippen molar-refractivity contribution in [3.05, 3.63) is 23.9 Å². The van der Waals surface area contributed by atoms with Crippen molar-refractivity contribution in [3.8, 4) is 0 Å². The van der Waals surface area contributed by atoms with Crippen molar-refractivity contribution in [3.63, 3.8) is 0 Å². The SMILES string of the molecule is COC(=O)[C@H]1CCCCN1C(=O)c1ccc(N(C)C)nc1. The van der Waals surface area contributed by atoms with Crippen molar-refractivity contribution in [2.24, 2.45) is 0 Å². The van der Waals surface area contributed by atoms with Gasteiger partial charge in [0.05, 0.1) is 12.7 Å². The average molecular weight is 291 g/mol. The number of piperidine rings is 1. The van der Waals surface area contributed by atoms with E-state index in [1.54, 1.807) is 23.2 Å². The number of anilines is 1. The Morgan fingerprint density at radius 2 is 2.10 bits per heavy atom. The van der Waals surface area contributed by atoms with Crippen molar-refractivity contribution in [2.75, 3.05) is 32.6 Å². The van der Waals surface area contributed by atoms with E-state index in [-0.39, 0.29) is 11.9 Å². The fraction of sp³-hybridized carbons (Fsp3) is 0.533. The van der Waals surface area contributed by atoms with Crippen LogP contribution in [0, 0.1) is 0 Å². The molecule has 1 saturated heterocycles. The minimum Gasteiger partial charge on any atom is -0.467 e. The highest BCUT2D eigenvalue weighted by Gasteiger charge is 2.33. The predicted molar refractivity (Wildman–Crippen MR) is 79.3 cm³/mol. The summed E-state index contributed by atoms with van der Waals surface area (Å²) >= 11 is 0. The molecule has 1 atom stereocenters. The van der Waals surface area contributed by atoms with E-state index in [0.29, 0.717) is 18.5 Å². The Hall–Kier alpha value is -2.11. The molecule has 2 heterocycles. The Bertz CT molecular complexity index is 513. The van der Waals surface area contributed by atoms with E-state index < -0.39 is 6.04 Å². The summed E-state index contributed by atoms with van der Waals surface area (Å²) in [7, 11) is 5.14. The third-order valence-corrected chi connectivity index (χ3v) is 3.69. The number of hydrogen-bond acceptors (Lipinski definition) is 5. The number of carbonyl (C=O) groups excluding carboxylic acids is 2. The van der Waals surface area contributed by atoms with E-state index in [2.05, 4.69) is 4.98 Å². The first-order chi connectivity index (χ1) is 10.0. The molecule has 0 unspecified atom stereocenters. The summed E-state index contributed by atoms with van der Waals surface area (Å²) in [6.07, 6.45) is 4.05. The number of rotatable bonds is 3. The lowest BCUT2D eigenvalue weighted by molar-refractivity contribution is -0.147. The fourth-order valence-corrected chi connectivity index (χ4v) is 2.50. The third-order valence-electron chi connectivity index (χ3n) is 3.69. The molecule has 0 spiro atoms. The Morgan fingerprint density at radius 1 is 1.33 bits per heavy atom. The lowest BCUT2D eigenvalue weighted by Gasteiger charge is -2.33. The van der Waals surface area contributed by atoms with Gasteiger partial charge in [-0.2, -0.15) is 0 Å². The second kappa shape index (κ2) is 6.56. The summed E-state index contributed by atoms with van der Waals surface area (Å²) in [6, 6.07) is 3.06. The molecule has 0 aliphatic carbocycles. The molecule has 1 aromatic heterocycles. The van der Waals surface area contributed by atoms with Crippen LogP contribution >= 0.6 is 0 Å². The zero-order valence-corrected chi connectivity index (χ0v) is 12.7. The highest BCUT2D eigenvalue weighted by atomic mass is 16.5. The Balaban J connectivity index is 2.18. The van der Waals surface area contributed by atoms with E-state index in [4.69, 9.17) is 4.74 Å². The van der Waals surface area contributed by atoms with E-state index in [9.17, 15) is 9.59 Å². The quantitative estimate of drug-likeness (QED) is 0.786. The molecule has 0 radical (unpaired) electrons. The minimum atomic E-state index is -0.482. The lowest BCUT2D eigenvalue weighted by atomic mass is 10.0. The summed E-state index contributed by atoms with van der Waals surface area (Å²) in [4.78, 5) is 32.1. The number of esters is 1. The minimum absolute atomic E-state index is 0.164. The normalized spacial score (nSPS) is 18.2. The molecule has 0 saturated carbocycles. The molecular weight excluding hydrogens is 270 g/mol. The van der Waals surface area contributed by atoms with Crippen LogP contribution in [-0.4, -0.2) is 55.6 Å². The van der Waals surface area contributed by atoms with E-state index >= 15 is 0 Å². The van der Waals surface area contributed by atoms with Crippen LogP contribution in [0.3, 0.4) is 0 Å². The number of ether oxygens (including phenoxy) is 1. The molecule has 1 aromatic rings. The summed E-state index contributed by atoms with van der Waals surface area (Å²) < 4.78 is 4.80. The molecule has 21 heavy (non-hydrogen) atoms. The van der Waals surface area contributed by atoms with Gasteiger partial charge in [-0.1, -0.05) is 0 Å². The van der Waals surface area contributed by atoms with Gasteiger partial charge in [0.1, 0.15) is 11.9 Å². The van der Waals surface area contributed by atoms with Crippen LogP contribution in [0.2, 0.25) is 0 Å². The van der Waals surface area contributed by atoms with Gasteiger partial charge >= 0.3 is 5.97 Å². The maximum absolute atomic E-state index is 12.6. The lowest BCUT2D eigenvalue weighted by Crippen LogP contribution is -2.48. The second-order valence-electron chi connectivity index (χ2n) is 5.33. The molecule has 114 valence electrons. The Labute approximate surface area is 124 Å². The van der Waals surface area contributed by atoms with Gasteiger partial charge in [-0.15, -0.1) is 0 Å². The van der Waals surface area contributed by atoms with Crippen LogP contribution in [-0.2, 0) is 9.53 Å². The topological polar surface area (TPSA) is 62.7 Å². The monoisotopic (exact) mass is 291 g/mol. The highest BCUT2D eigenvalue weighted by molar-refractivity contribution is 5.96. The van der Waals surface area contributed by atoms with Gasteiger partial charge in [-0.05, 0) is 31.4 Å². The number of hydrogen-bond donors (Lipinski definition) is 0. The molecule has 1 fully saturated rings. The summed E-state index contributed by atoms with van der Waals surface area (Å²) in [5.74, 6) is 0.276. The van der Waals surface area contributed by atoms with Crippen molar-refractivity contribution < 1.29 is 14.3 Å². The molecule has 1 aliphatic rings. The maximum Gasteiger partial charge on any atom is 0.328 e. The van der Waals surface area contributed by atoms with Crippen molar-refractivity contribution >= 4 is 17.7 Å². The number of methoxy groups -OCH3 is 1. The van der Waals surface area contributed by atoms with E-state index in [1.807, 2.05) is 19.0 Å². The zero-order chi connectivity index (χ0) is 15.4. The van der Waals surface area contributed by atoms with Gasteiger partial charge in [0.25, 0.3) is 5.91 Å². The first-order valence-corrected chi connectivity index (χ1v) is 7.06. The number of carbonyl (C=O) groups is 2. The number of nitrogens with zero attached hydrogens (tertiary/aromatic N) is 3. The predicted octanol–water partition coefficient (Wildman–Crippen LogP) is 1.32. The fourth-order valence-electron chi connectivity index (χ4n) is 2.50. The zero-order valence-electron chi connectivity index (χ0n) is 12.7. The van der Waals surface area contributed by atoms with Gasteiger partial charge < -0.3 is 14.5 Å². The van der Waals surface area contributed by atoms with Crippen LogP contribution in [0.25, 0.3) is 0 Å².